The Labute approximate surface area is 163 Å². The van der Waals surface area contributed by atoms with Crippen LogP contribution in [-0.2, 0) is 24.4 Å². The number of hydrogen-bond acceptors (Lipinski definition) is 4. The maximum Gasteiger partial charge on any atom is 0.222 e. The molecule has 6 nitrogen and oxygen atoms in total. The number of hydrogen-bond donors (Lipinski definition) is 0. The summed E-state index contributed by atoms with van der Waals surface area (Å²) in [5, 5.41) is 4.84. The number of carbonyl (C=O) groups is 1. The highest BCUT2D eigenvalue weighted by atomic mass is 16.2. The van der Waals surface area contributed by atoms with Crippen LogP contribution in [0, 0.1) is 17.8 Å². The molecule has 2 aliphatic rings. The van der Waals surface area contributed by atoms with E-state index >= 15 is 0 Å². The maximum absolute atomic E-state index is 11.9. The van der Waals surface area contributed by atoms with Crippen LogP contribution in [0.3, 0.4) is 0 Å². The third-order valence-corrected chi connectivity index (χ3v) is 5.43. The number of aromatic nitrogens is 2. The summed E-state index contributed by atoms with van der Waals surface area (Å²) in [6, 6.07) is 2.25. The molecule has 148 valence electrons. The number of fused-ring (bicyclic) bond motifs is 1. The fraction of sp³-hybridized carbons (Fsp3) is 0.714. The van der Waals surface area contributed by atoms with Crippen LogP contribution < -0.4 is 0 Å². The first-order valence-electron chi connectivity index (χ1n) is 10.3. The lowest BCUT2D eigenvalue weighted by Gasteiger charge is -2.20. The Bertz CT molecular complexity index is 701. The number of likely N-dealkylation sites (tertiary alicyclic amines) is 1. The molecule has 0 aliphatic carbocycles. The van der Waals surface area contributed by atoms with E-state index in [0.717, 1.165) is 70.9 Å². The predicted molar refractivity (Wildman–Crippen MR) is 107 cm³/mol. The van der Waals surface area contributed by atoms with E-state index in [1.807, 2.05) is 4.90 Å². The number of rotatable bonds is 6. The molecule has 0 unspecified atom stereocenters. The van der Waals surface area contributed by atoms with Gasteiger partial charge in [0.2, 0.25) is 5.91 Å². The SMILES string of the molecule is CCC#CCN1CCCn2nc(CN(C)C[C@H]3CC(=O)N(CC)C3)cc2C1. The van der Waals surface area contributed by atoms with Crippen molar-refractivity contribution in [1.29, 1.82) is 0 Å². The van der Waals surface area contributed by atoms with Crippen molar-refractivity contribution in [1.82, 2.24) is 24.5 Å². The summed E-state index contributed by atoms with van der Waals surface area (Å²) >= 11 is 0. The van der Waals surface area contributed by atoms with E-state index in [2.05, 4.69) is 53.3 Å². The van der Waals surface area contributed by atoms with Gasteiger partial charge in [0, 0.05) is 58.7 Å². The Hall–Kier alpha value is -1.84. The minimum absolute atomic E-state index is 0.302. The Morgan fingerprint density at radius 2 is 2.15 bits per heavy atom. The lowest BCUT2D eigenvalue weighted by molar-refractivity contribution is -0.127. The van der Waals surface area contributed by atoms with Crippen LogP contribution in [0.5, 0.6) is 0 Å². The summed E-state index contributed by atoms with van der Waals surface area (Å²) in [5.41, 5.74) is 2.42. The summed E-state index contributed by atoms with van der Waals surface area (Å²) in [4.78, 5) is 18.6. The van der Waals surface area contributed by atoms with Crippen molar-refractivity contribution in [2.24, 2.45) is 5.92 Å². The molecule has 1 amide bonds. The largest absolute Gasteiger partial charge is 0.343 e. The molecule has 2 aliphatic heterocycles. The van der Waals surface area contributed by atoms with Crippen molar-refractivity contribution >= 4 is 5.91 Å². The highest BCUT2D eigenvalue weighted by Gasteiger charge is 2.29. The average Bonchev–Trinajstić information content (AvgIpc) is 3.11. The molecule has 1 aromatic heterocycles. The van der Waals surface area contributed by atoms with Gasteiger partial charge in [-0.3, -0.25) is 14.4 Å². The van der Waals surface area contributed by atoms with Gasteiger partial charge in [-0.25, -0.2) is 0 Å². The highest BCUT2D eigenvalue weighted by Crippen LogP contribution is 2.19. The summed E-state index contributed by atoms with van der Waals surface area (Å²) in [5.74, 6) is 7.17. The number of amides is 1. The van der Waals surface area contributed by atoms with Gasteiger partial charge in [0.25, 0.3) is 0 Å². The molecule has 0 N–H and O–H groups in total. The van der Waals surface area contributed by atoms with Crippen molar-refractivity contribution in [2.45, 2.75) is 52.7 Å². The monoisotopic (exact) mass is 371 g/mol. The fourth-order valence-electron chi connectivity index (χ4n) is 4.16. The second-order valence-electron chi connectivity index (χ2n) is 7.82. The van der Waals surface area contributed by atoms with E-state index in [1.54, 1.807) is 0 Å². The molecule has 1 saturated heterocycles. The zero-order chi connectivity index (χ0) is 19.2. The number of nitrogens with zero attached hydrogens (tertiary/aromatic N) is 5. The molecule has 1 aromatic rings. The van der Waals surface area contributed by atoms with Gasteiger partial charge in [0.15, 0.2) is 0 Å². The van der Waals surface area contributed by atoms with Crippen LogP contribution in [0.25, 0.3) is 0 Å². The van der Waals surface area contributed by atoms with E-state index in [0.29, 0.717) is 18.2 Å². The Morgan fingerprint density at radius 1 is 1.30 bits per heavy atom. The van der Waals surface area contributed by atoms with Crippen molar-refractivity contribution in [3.63, 3.8) is 0 Å². The maximum atomic E-state index is 11.9. The van der Waals surface area contributed by atoms with Crippen LogP contribution in [0.15, 0.2) is 6.07 Å². The van der Waals surface area contributed by atoms with E-state index in [4.69, 9.17) is 5.10 Å². The minimum Gasteiger partial charge on any atom is -0.343 e. The van der Waals surface area contributed by atoms with Gasteiger partial charge in [-0.05, 0) is 32.4 Å². The topological polar surface area (TPSA) is 44.6 Å². The zero-order valence-electron chi connectivity index (χ0n) is 17.1. The van der Waals surface area contributed by atoms with Crippen LogP contribution in [0.2, 0.25) is 0 Å². The molecule has 1 fully saturated rings. The molecular weight excluding hydrogens is 338 g/mol. The van der Waals surface area contributed by atoms with Crippen LogP contribution in [0.4, 0.5) is 0 Å². The number of aryl methyl sites for hydroxylation is 1. The smallest absolute Gasteiger partial charge is 0.222 e. The van der Waals surface area contributed by atoms with E-state index in [9.17, 15) is 4.79 Å². The first-order chi connectivity index (χ1) is 13.1. The summed E-state index contributed by atoms with van der Waals surface area (Å²) in [6.07, 6.45) is 2.73. The molecule has 27 heavy (non-hydrogen) atoms. The standard InChI is InChI=1S/C21H33N5O/c1-4-6-7-9-24-10-8-11-26-20(17-24)13-19(22-26)16-23(3)14-18-12-21(27)25(5-2)15-18/h13,18H,4-5,8-12,14-17H2,1-3H3/t18-/m1/s1. The second kappa shape index (κ2) is 9.38. The molecule has 0 saturated carbocycles. The van der Waals surface area contributed by atoms with Gasteiger partial charge in [-0.15, -0.1) is 5.92 Å². The summed E-state index contributed by atoms with van der Waals surface area (Å²) in [7, 11) is 2.14. The van der Waals surface area contributed by atoms with Gasteiger partial charge >= 0.3 is 0 Å². The first kappa shape index (κ1) is 19.9. The quantitative estimate of drug-likeness (QED) is 0.716. The van der Waals surface area contributed by atoms with Crippen molar-refractivity contribution < 1.29 is 4.79 Å². The van der Waals surface area contributed by atoms with Gasteiger partial charge in [0.05, 0.1) is 17.9 Å². The van der Waals surface area contributed by atoms with Crippen LogP contribution in [-0.4, -0.2) is 70.2 Å². The third-order valence-electron chi connectivity index (χ3n) is 5.43. The van der Waals surface area contributed by atoms with Gasteiger partial charge in [-0.2, -0.15) is 5.10 Å². The average molecular weight is 372 g/mol. The molecule has 0 radical (unpaired) electrons. The lowest BCUT2D eigenvalue weighted by Crippen LogP contribution is -2.28. The third kappa shape index (κ3) is 5.33. The summed E-state index contributed by atoms with van der Waals surface area (Å²) in [6.45, 7) is 11.5. The van der Waals surface area contributed by atoms with Gasteiger partial charge in [0.1, 0.15) is 0 Å². The molecule has 3 rings (SSSR count). The van der Waals surface area contributed by atoms with Gasteiger partial charge < -0.3 is 9.80 Å². The van der Waals surface area contributed by atoms with E-state index in [1.165, 1.54) is 5.69 Å². The zero-order valence-corrected chi connectivity index (χ0v) is 17.1. The highest BCUT2D eigenvalue weighted by molar-refractivity contribution is 5.78. The Kier molecular flexibility index (Phi) is 6.92. The fourth-order valence-corrected chi connectivity index (χ4v) is 4.16. The molecule has 0 spiro atoms. The Morgan fingerprint density at radius 3 is 2.89 bits per heavy atom. The van der Waals surface area contributed by atoms with Crippen molar-refractivity contribution in [3.05, 3.63) is 17.5 Å². The molecule has 3 heterocycles. The molecule has 6 heteroatoms. The number of carbonyl (C=O) groups excluding carboxylic acids is 1. The second-order valence-corrected chi connectivity index (χ2v) is 7.82. The Balaban J connectivity index is 1.54. The molecule has 0 bridgehead atoms. The van der Waals surface area contributed by atoms with E-state index < -0.39 is 0 Å². The lowest BCUT2D eigenvalue weighted by atomic mass is 10.1. The molecule has 1 atom stereocenters. The van der Waals surface area contributed by atoms with Crippen molar-refractivity contribution in [3.8, 4) is 11.8 Å². The van der Waals surface area contributed by atoms with E-state index in [-0.39, 0.29) is 0 Å². The first-order valence-corrected chi connectivity index (χ1v) is 10.3. The summed E-state index contributed by atoms with van der Waals surface area (Å²) < 4.78 is 2.17. The predicted octanol–water partition coefficient (Wildman–Crippen LogP) is 1.80. The van der Waals surface area contributed by atoms with Crippen LogP contribution in [0.1, 0.15) is 44.5 Å². The molecular formula is C21H33N5O. The minimum atomic E-state index is 0.302. The van der Waals surface area contributed by atoms with Crippen molar-refractivity contribution in [2.75, 3.05) is 39.8 Å². The van der Waals surface area contributed by atoms with Crippen LogP contribution >= 0.6 is 0 Å². The normalized spacial score (nSPS) is 20.5. The molecule has 0 aromatic carbocycles. The van der Waals surface area contributed by atoms with Gasteiger partial charge in [-0.1, -0.05) is 12.8 Å².